The van der Waals surface area contributed by atoms with Crippen LogP contribution < -0.4 is 5.32 Å². The quantitative estimate of drug-likeness (QED) is 0.725. The standard InChI is InChI=1S/C12H20N2/c1-2-12(13-7-1)14-8-11(9-3-4-9)10-5-6-10/h9-11H,1-8H2,(H,13,14). The monoisotopic (exact) mass is 192 g/mol. The minimum absolute atomic E-state index is 0.985. The SMILES string of the molecule is C1CN=C(NCC(C2CC2)C2CC2)C1. The Morgan fingerprint density at radius 2 is 1.93 bits per heavy atom. The number of rotatable bonds is 4. The molecule has 78 valence electrons. The van der Waals surface area contributed by atoms with E-state index in [4.69, 9.17) is 0 Å². The lowest BCUT2D eigenvalue weighted by atomic mass is 9.98. The Kier molecular flexibility index (Phi) is 2.22. The lowest BCUT2D eigenvalue weighted by molar-refractivity contribution is 0.401. The summed E-state index contributed by atoms with van der Waals surface area (Å²) in [5, 5.41) is 3.57. The summed E-state index contributed by atoms with van der Waals surface area (Å²) in [4.78, 5) is 4.47. The third-order valence-corrected chi connectivity index (χ3v) is 3.87. The summed E-state index contributed by atoms with van der Waals surface area (Å²) in [6.45, 7) is 2.27. The number of amidine groups is 1. The fourth-order valence-electron chi connectivity index (χ4n) is 2.69. The van der Waals surface area contributed by atoms with E-state index in [-0.39, 0.29) is 0 Å². The van der Waals surface area contributed by atoms with E-state index in [2.05, 4.69) is 10.3 Å². The van der Waals surface area contributed by atoms with E-state index in [1.165, 1.54) is 50.9 Å². The maximum atomic E-state index is 4.47. The molecule has 2 saturated carbocycles. The second kappa shape index (κ2) is 3.56. The zero-order valence-electron chi connectivity index (χ0n) is 8.84. The van der Waals surface area contributed by atoms with Gasteiger partial charge in [0.05, 0.1) is 5.84 Å². The highest BCUT2D eigenvalue weighted by atomic mass is 15.0. The molecule has 1 N–H and O–H groups in total. The van der Waals surface area contributed by atoms with Crippen LogP contribution in [0.3, 0.4) is 0 Å². The van der Waals surface area contributed by atoms with Crippen LogP contribution in [-0.4, -0.2) is 18.9 Å². The van der Waals surface area contributed by atoms with Gasteiger partial charge in [0.1, 0.15) is 0 Å². The molecule has 0 unspecified atom stereocenters. The molecule has 1 heterocycles. The molecule has 0 atom stereocenters. The van der Waals surface area contributed by atoms with E-state index < -0.39 is 0 Å². The van der Waals surface area contributed by atoms with Crippen molar-refractivity contribution in [2.24, 2.45) is 22.7 Å². The van der Waals surface area contributed by atoms with Crippen molar-refractivity contribution >= 4 is 5.84 Å². The van der Waals surface area contributed by atoms with Gasteiger partial charge in [0.25, 0.3) is 0 Å². The van der Waals surface area contributed by atoms with E-state index >= 15 is 0 Å². The van der Waals surface area contributed by atoms with Crippen LogP contribution in [0.2, 0.25) is 0 Å². The summed E-state index contributed by atoms with van der Waals surface area (Å²) in [5.41, 5.74) is 0. The van der Waals surface area contributed by atoms with Crippen molar-refractivity contribution in [2.75, 3.05) is 13.1 Å². The van der Waals surface area contributed by atoms with E-state index in [1.807, 2.05) is 0 Å². The summed E-state index contributed by atoms with van der Waals surface area (Å²) in [6.07, 6.45) is 8.44. The Balaban J connectivity index is 1.48. The van der Waals surface area contributed by atoms with Gasteiger partial charge in [0, 0.05) is 19.5 Å². The predicted molar refractivity (Wildman–Crippen MR) is 58.5 cm³/mol. The summed E-state index contributed by atoms with van der Waals surface area (Å²) >= 11 is 0. The van der Waals surface area contributed by atoms with Gasteiger partial charge in [-0.3, -0.25) is 4.99 Å². The van der Waals surface area contributed by atoms with Gasteiger partial charge < -0.3 is 5.32 Å². The van der Waals surface area contributed by atoms with Crippen LogP contribution in [0.1, 0.15) is 38.5 Å². The van der Waals surface area contributed by atoms with E-state index in [0.717, 1.165) is 24.3 Å². The van der Waals surface area contributed by atoms with Gasteiger partial charge in [-0.15, -0.1) is 0 Å². The zero-order chi connectivity index (χ0) is 9.38. The first-order valence-electron chi connectivity index (χ1n) is 6.20. The molecule has 0 bridgehead atoms. The first-order chi connectivity index (χ1) is 6.93. The molecule has 2 aliphatic carbocycles. The van der Waals surface area contributed by atoms with Gasteiger partial charge in [-0.2, -0.15) is 0 Å². The molecule has 0 spiro atoms. The number of aliphatic imine (C=N–C) groups is 1. The van der Waals surface area contributed by atoms with E-state index in [0.29, 0.717) is 0 Å². The van der Waals surface area contributed by atoms with Crippen LogP contribution in [0.25, 0.3) is 0 Å². The number of hydrogen-bond acceptors (Lipinski definition) is 2. The molecule has 0 aromatic rings. The lowest BCUT2D eigenvalue weighted by Crippen LogP contribution is -2.30. The maximum Gasteiger partial charge on any atom is 0.0963 e. The molecule has 2 fully saturated rings. The molecule has 3 aliphatic rings. The molecule has 2 heteroatoms. The summed E-state index contributed by atoms with van der Waals surface area (Å²) in [6, 6.07) is 0. The second-order valence-corrected chi connectivity index (χ2v) is 5.15. The van der Waals surface area contributed by atoms with Crippen LogP contribution >= 0.6 is 0 Å². The van der Waals surface area contributed by atoms with Crippen LogP contribution in [0, 0.1) is 17.8 Å². The Labute approximate surface area is 86.2 Å². The predicted octanol–water partition coefficient (Wildman–Crippen LogP) is 2.20. The highest BCUT2D eigenvalue weighted by Crippen LogP contribution is 2.48. The fraction of sp³-hybridized carbons (Fsp3) is 0.917. The summed E-state index contributed by atoms with van der Waals surface area (Å²) in [5.74, 6) is 4.41. The molecule has 2 nitrogen and oxygen atoms in total. The van der Waals surface area contributed by atoms with Gasteiger partial charge in [-0.05, 0) is 49.9 Å². The van der Waals surface area contributed by atoms with E-state index in [9.17, 15) is 0 Å². The van der Waals surface area contributed by atoms with Gasteiger partial charge in [0.15, 0.2) is 0 Å². The first-order valence-corrected chi connectivity index (χ1v) is 6.20. The number of hydrogen-bond donors (Lipinski definition) is 1. The minimum atomic E-state index is 0.985. The topological polar surface area (TPSA) is 24.4 Å². The normalized spacial score (nSPS) is 26.8. The zero-order valence-corrected chi connectivity index (χ0v) is 8.84. The van der Waals surface area contributed by atoms with Crippen LogP contribution in [-0.2, 0) is 0 Å². The summed E-state index contributed by atoms with van der Waals surface area (Å²) in [7, 11) is 0. The van der Waals surface area contributed by atoms with Crippen LogP contribution in [0.15, 0.2) is 4.99 Å². The van der Waals surface area contributed by atoms with Crippen molar-refractivity contribution in [3.63, 3.8) is 0 Å². The number of nitrogens with one attached hydrogen (secondary N) is 1. The van der Waals surface area contributed by atoms with Crippen molar-refractivity contribution in [3.05, 3.63) is 0 Å². The van der Waals surface area contributed by atoms with Crippen molar-refractivity contribution in [1.82, 2.24) is 5.32 Å². The molecule has 3 rings (SSSR count). The molecule has 0 saturated heterocycles. The van der Waals surface area contributed by atoms with Gasteiger partial charge in [0.2, 0.25) is 0 Å². The lowest BCUT2D eigenvalue weighted by Gasteiger charge is -2.16. The molecule has 0 aromatic heterocycles. The summed E-state index contributed by atoms with van der Waals surface area (Å²) < 4.78 is 0. The average Bonchev–Trinajstić information content (AvgIpc) is 3.09. The smallest absolute Gasteiger partial charge is 0.0963 e. The molecule has 14 heavy (non-hydrogen) atoms. The Bertz CT molecular complexity index is 227. The number of nitrogens with zero attached hydrogens (tertiary/aromatic N) is 1. The Hall–Kier alpha value is -0.530. The Morgan fingerprint density at radius 1 is 1.21 bits per heavy atom. The average molecular weight is 192 g/mol. The molecule has 0 radical (unpaired) electrons. The van der Waals surface area contributed by atoms with Crippen LogP contribution in [0.4, 0.5) is 0 Å². The van der Waals surface area contributed by atoms with Crippen molar-refractivity contribution in [1.29, 1.82) is 0 Å². The molecule has 0 amide bonds. The maximum absolute atomic E-state index is 4.47. The molecular formula is C12H20N2. The fourth-order valence-corrected chi connectivity index (χ4v) is 2.69. The van der Waals surface area contributed by atoms with E-state index in [1.54, 1.807) is 0 Å². The van der Waals surface area contributed by atoms with Gasteiger partial charge >= 0.3 is 0 Å². The third-order valence-electron chi connectivity index (χ3n) is 3.87. The van der Waals surface area contributed by atoms with Gasteiger partial charge in [-0.25, -0.2) is 0 Å². The van der Waals surface area contributed by atoms with Crippen molar-refractivity contribution < 1.29 is 0 Å². The highest BCUT2D eigenvalue weighted by molar-refractivity contribution is 5.83. The largest absolute Gasteiger partial charge is 0.374 e. The molecule has 1 aliphatic heterocycles. The minimum Gasteiger partial charge on any atom is -0.374 e. The molecular weight excluding hydrogens is 172 g/mol. The van der Waals surface area contributed by atoms with Crippen LogP contribution in [0.5, 0.6) is 0 Å². The van der Waals surface area contributed by atoms with Gasteiger partial charge in [-0.1, -0.05) is 0 Å². The molecule has 0 aromatic carbocycles. The first kappa shape index (κ1) is 8.75. The van der Waals surface area contributed by atoms with Crippen molar-refractivity contribution in [2.45, 2.75) is 38.5 Å². The second-order valence-electron chi connectivity index (χ2n) is 5.15. The Morgan fingerprint density at radius 3 is 2.43 bits per heavy atom. The third kappa shape index (κ3) is 1.94. The van der Waals surface area contributed by atoms with Crippen molar-refractivity contribution in [3.8, 4) is 0 Å². The highest BCUT2D eigenvalue weighted by Gasteiger charge is 2.41.